The molecule has 0 unspecified atom stereocenters. The highest BCUT2D eigenvalue weighted by atomic mass is 79.9. The number of carbonyl (C=O) groups excluding carboxylic acids is 2. The predicted octanol–water partition coefficient (Wildman–Crippen LogP) is 4.65. The second-order valence-electron chi connectivity index (χ2n) is 20.4. The first-order valence-corrected chi connectivity index (χ1v) is 29.3. The number of hydrogen-bond acceptors (Lipinski definition) is 19. The number of anilines is 5. The van der Waals surface area contributed by atoms with E-state index in [1.165, 1.54) is 55.8 Å². The number of quaternary nitrogens is 1. The quantitative estimate of drug-likeness (QED) is 0.0629. The minimum absolute atomic E-state index is 0.0402. The molecule has 5 aromatic heterocycles. The van der Waals surface area contributed by atoms with Gasteiger partial charge in [0.1, 0.15) is 0 Å². The maximum Gasteiger partial charge on any atom is 0.311 e. The van der Waals surface area contributed by atoms with Crippen LogP contribution in [0.1, 0.15) is 20.7 Å². The number of nitro groups is 1. The number of nitrogens with zero attached hydrogens (tertiary/aromatic N) is 14. The number of hydrogen-bond donors (Lipinski definition) is 5. The van der Waals surface area contributed by atoms with Crippen LogP contribution in [-0.4, -0.2) is 216 Å². The van der Waals surface area contributed by atoms with Crippen LogP contribution >= 0.6 is 15.9 Å². The number of halogens is 1. The Morgan fingerprint density at radius 3 is 1.19 bits per heavy atom. The monoisotopic (exact) mass is 1220 g/mol. The first kappa shape index (κ1) is 64.0. The van der Waals surface area contributed by atoms with E-state index in [9.17, 15) is 29.9 Å². The Bertz CT molecular complexity index is 3060. The molecule has 12 rings (SSSR count). The van der Waals surface area contributed by atoms with Crippen molar-refractivity contribution in [1.82, 2.24) is 49.8 Å². The van der Waals surface area contributed by atoms with E-state index < -0.39 is 22.3 Å². The summed E-state index contributed by atoms with van der Waals surface area (Å²) in [5.74, 6) is -1.29. The number of nitrogens with one attached hydrogen (secondary N) is 1. The Morgan fingerprint density at radius 1 is 0.494 bits per heavy atom. The SMILES string of the molecule is Brc1ccncc1.CN1CCN(c2ccncc2)CC1.CN1CC[NH2+]CC1.Nc1cccc(C(=O)N2CCN(c3ccncc3)CC2)c1O.O=C(c1cccc([N+](=O)[O-])c1O)N1CCN(c2ccncc2)CC1.c1cc(N2CCNCC2)ccn1. The van der Waals surface area contributed by atoms with E-state index in [0.717, 1.165) is 81.3 Å². The van der Waals surface area contributed by atoms with Gasteiger partial charge in [-0.2, -0.15) is 0 Å². The Morgan fingerprint density at radius 2 is 0.835 bits per heavy atom. The molecule has 5 aliphatic rings. The first-order chi connectivity index (χ1) is 41.4. The molecule has 450 valence electrons. The zero-order valence-corrected chi connectivity index (χ0v) is 50.1. The lowest BCUT2D eigenvalue weighted by Gasteiger charge is -2.36. The molecule has 0 saturated carbocycles. The molecule has 7 N–H and O–H groups in total. The number of nitrogens with two attached hydrogens (primary N) is 2. The second kappa shape index (κ2) is 34.3. The van der Waals surface area contributed by atoms with Crippen LogP contribution in [0.5, 0.6) is 11.5 Å². The van der Waals surface area contributed by atoms with E-state index in [2.05, 4.69) is 119 Å². The number of piperazine rings is 5. The fourth-order valence-corrected chi connectivity index (χ4v) is 9.92. The number of carbonyl (C=O) groups is 2. The van der Waals surface area contributed by atoms with Crippen LogP contribution in [0, 0.1) is 10.1 Å². The molecule has 0 bridgehead atoms. The summed E-state index contributed by atoms with van der Waals surface area (Å²) < 4.78 is 1.07. The van der Waals surface area contributed by atoms with Gasteiger partial charge in [0, 0.05) is 213 Å². The van der Waals surface area contributed by atoms with Gasteiger partial charge in [0.05, 0.1) is 34.8 Å². The lowest BCUT2D eigenvalue weighted by Crippen LogP contribution is -2.89. The Kier molecular flexibility index (Phi) is 25.8. The number of benzene rings is 2. The normalized spacial score (nSPS) is 16.2. The van der Waals surface area contributed by atoms with Gasteiger partial charge in [0.15, 0.2) is 5.75 Å². The van der Waals surface area contributed by atoms with Crippen LogP contribution in [0.3, 0.4) is 0 Å². The van der Waals surface area contributed by atoms with E-state index in [1.54, 1.807) is 65.2 Å². The molecule has 85 heavy (non-hydrogen) atoms. The first-order valence-electron chi connectivity index (χ1n) is 28.5. The molecule has 23 nitrogen and oxygen atoms in total. The van der Waals surface area contributed by atoms with Gasteiger partial charge >= 0.3 is 5.69 Å². The van der Waals surface area contributed by atoms with Crippen molar-refractivity contribution in [3.63, 3.8) is 0 Å². The van der Waals surface area contributed by atoms with Gasteiger partial charge in [-0.1, -0.05) is 28.1 Å². The highest BCUT2D eigenvalue weighted by Gasteiger charge is 2.28. The van der Waals surface area contributed by atoms with Crippen molar-refractivity contribution >= 4 is 61.9 Å². The third kappa shape index (κ3) is 20.3. The number of aromatic hydroxyl groups is 2. The zero-order valence-electron chi connectivity index (χ0n) is 48.5. The summed E-state index contributed by atoms with van der Waals surface area (Å²) >= 11 is 3.27. The number of amides is 2. The van der Waals surface area contributed by atoms with Crippen LogP contribution in [0.25, 0.3) is 0 Å². The lowest BCUT2D eigenvalue weighted by atomic mass is 10.1. The van der Waals surface area contributed by atoms with Gasteiger partial charge in [-0.25, -0.2) is 0 Å². The van der Waals surface area contributed by atoms with E-state index in [-0.39, 0.29) is 28.5 Å². The number of rotatable bonds is 7. The molecule has 0 spiro atoms. The number of nitrogen functional groups attached to an aromatic ring is 1. The smallest absolute Gasteiger partial charge is 0.311 e. The van der Waals surface area contributed by atoms with Gasteiger partial charge in [-0.05, 0) is 93.0 Å². The predicted molar refractivity (Wildman–Crippen MR) is 336 cm³/mol. The third-order valence-electron chi connectivity index (χ3n) is 14.7. The van der Waals surface area contributed by atoms with Gasteiger partial charge < -0.3 is 60.9 Å². The number of nitro benzene ring substituents is 1. The van der Waals surface area contributed by atoms with E-state index in [1.807, 2.05) is 61.2 Å². The van der Waals surface area contributed by atoms with Crippen LogP contribution in [-0.2, 0) is 0 Å². The number of likely N-dealkylation sites (N-methyl/N-ethyl adjacent to an activating group) is 2. The number of phenolic OH excluding ortho intramolecular Hbond substituents is 2. The third-order valence-corrected chi connectivity index (χ3v) is 15.2. The molecule has 0 radical (unpaired) electrons. The van der Waals surface area contributed by atoms with Crippen molar-refractivity contribution in [3.8, 4) is 11.5 Å². The van der Waals surface area contributed by atoms with Gasteiger partial charge in [0.2, 0.25) is 5.75 Å². The fourth-order valence-electron chi connectivity index (χ4n) is 9.68. The maximum atomic E-state index is 12.6. The molecule has 0 aliphatic carbocycles. The second-order valence-corrected chi connectivity index (χ2v) is 21.3. The van der Waals surface area contributed by atoms with Crippen molar-refractivity contribution in [2.45, 2.75) is 0 Å². The molecule has 5 fully saturated rings. The average molecular weight is 1230 g/mol. The van der Waals surface area contributed by atoms with Gasteiger partial charge in [-0.15, -0.1) is 0 Å². The van der Waals surface area contributed by atoms with Gasteiger partial charge in [0.25, 0.3) is 11.8 Å². The maximum absolute atomic E-state index is 12.6. The molecule has 24 heteroatoms. The Hall–Kier alpha value is -8.55. The van der Waals surface area contributed by atoms with Crippen LogP contribution in [0.2, 0.25) is 0 Å². The Balaban J connectivity index is 0.000000155. The van der Waals surface area contributed by atoms with E-state index in [0.29, 0.717) is 39.3 Å². The molecule has 10 heterocycles. The highest BCUT2D eigenvalue weighted by Crippen LogP contribution is 2.31. The number of phenols is 2. The van der Waals surface area contributed by atoms with Crippen LogP contribution in [0.4, 0.5) is 34.1 Å². The molecule has 5 saturated heterocycles. The van der Waals surface area contributed by atoms with Crippen molar-refractivity contribution in [3.05, 3.63) is 185 Å². The van der Waals surface area contributed by atoms with Crippen LogP contribution < -0.4 is 36.0 Å². The summed E-state index contributed by atoms with van der Waals surface area (Å²) in [6.07, 6.45) is 17.8. The molecular weight excluding hydrogens is 1150 g/mol. The zero-order chi connectivity index (χ0) is 60.2. The summed E-state index contributed by atoms with van der Waals surface area (Å²) in [4.78, 5) is 72.2. The standard InChI is InChI=1S/C16H16N4O4.C16H18N4O2.C10H15N3.C9H13N3.C5H4BrN.C5H12N2/c21-15-13(2-1-3-14(15)20(23)24)16(22)19-10-8-18(9-11-19)12-4-6-17-7-5-12;17-14-3-1-2-13(15(14)21)16(22)20-10-8-19(9-11-20)12-4-6-18-7-5-12;1-12-6-8-13(9-7-12)10-2-4-11-5-3-10;1-3-10-4-2-9(1)12-7-5-11-6-8-12;6-5-1-3-7-4-2-5;1-7-4-2-6-3-5-7/h1-7,21H,8-11H2;1-7,21H,8-11,17H2;2-5H,6-9H2,1H3;1-4,11H,5-8H2;1-4H;6H,2-5H2,1H3/p+1. The summed E-state index contributed by atoms with van der Waals surface area (Å²) in [5, 5.41) is 36.5. The molecular formula is C61H79BrN17O6+. The van der Waals surface area contributed by atoms with Crippen LogP contribution in [0.15, 0.2) is 164 Å². The van der Waals surface area contributed by atoms with Crippen molar-refractivity contribution in [2.75, 3.05) is 170 Å². The average Bonchev–Trinajstić information content (AvgIpc) is 3.76. The van der Waals surface area contributed by atoms with Crippen molar-refractivity contribution in [2.24, 2.45) is 0 Å². The summed E-state index contributed by atoms with van der Waals surface area (Å²) in [5.41, 5.74) is 10.4. The van der Waals surface area contributed by atoms with E-state index >= 15 is 0 Å². The van der Waals surface area contributed by atoms with Crippen molar-refractivity contribution in [1.29, 1.82) is 0 Å². The molecule has 2 amide bonds. The number of para-hydroxylation sites is 2. The highest BCUT2D eigenvalue weighted by molar-refractivity contribution is 9.10. The van der Waals surface area contributed by atoms with Gasteiger partial charge in [-0.3, -0.25) is 49.5 Å². The summed E-state index contributed by atoms with van der Waals surface area (Å²) in [6.45, 7) is 19.0. The topological polar surface area (TPSA) is 263 Å². The van der Waals surface area contributed by atoms with Crippen molar-refractivity contribution < 1.29 is 30.0 Å². The lowest BCUT2D eigenvalue weighted by molar-refractivity contribution is -0.662. The summed E-state index contributed by atoms with van der Waals surface area (Å²) in [7, 11) is 4.34. The summed E-state index contributed by atoms with van der Waals surface area (Å²) in [6, 6.07) is 28.6. The fraction of sp³-hybridized carbons (Fsp3) is 0.361. The number of pyridine rings is 5. The largest absolute Gasteiger partial charge is 0.505 e. The molecule has 7 aromatic rings. The number of aromatic nitrogens is 5. The minimum atomic E-state index is -0.701. The molecule has 5 aliphatic heterocycles. The molecule has 0 atom stereocenters. The Labute approximate surface area is 506 Å². The van der Waals surface area contributed by atoms with E-state index in [4.69, 9.17) is 5.73 Å². The molecule has 2 aromatic carbocycles. The minimum Gasteiger partial charge on any atom is -0.505 e.